The lowest BCUT2D eigenvalue weighted by atomic mass is 10.0. The summed E-state index contributed by atoms with van der Waals surface area (Å²) in [5.41, 5.74) is 1.56. The normalized spacial score (nSPS) is 18.9. The molecule has 1 unspecified atom stereocenters. The molecule has 1 aliphatic rings. The van der Waals surface area contributed by atoms with E-state index in [9.17, 15) is 4.79 Å². The van der Waals surface area contributed by atoms with Crippen LogP contribution in [-0.2, 0) is 16.1 Å². The first-order valence-electron chi connectivity index (χ1n) is 6.14. The van der Waals surface area contributed by atoms with Crippen molar-refractivity contribution in [2.45, 2.75) is 19.4 Å². The molecule has 0 aliphatic carbocycles. The van der Waals surface area contributed by atoms with Gasteiger partial charge in [0.15, 0.2) is 0 Å². The summed E-state index contributed by atoms with van der Waals surface area (Å²) in [5.74, 6) is 0.00922. The van der Waals surface area contributed by atoms with E-state index in [2.05, 4.69) is 11.4 Å². The van der Waals surface area contributed by atoms with Crippen molar-refractivity contribution in [3.8, 4) is 6.07 Å². The third kappa shape index (κ3) is 3.31. The number of nitriles is 1. The van der Waals surface area contributed by atoms with Gasteiger partial charge in [-0.2, -0.15) is 5.26 Å². The topological polar surface area (TPSA) is 62.1 Å². The zero-order valence-corrected chi connectivity index (χ0v) is 10.2. The first-order chi connectivity index (χ1) is 8.79. The van der Waals surface area contributed by atoms with Crippen molar-refractivity contribution >= 4 is 5.91 Å². The van der Waals surface area contributed by atoms with Gasteiger partial charge in [-0.15, -0.1) is 0 Å². The number of carbonyl (C=O) groups is 1. The highest BCUT2D eigenvalue weighted by atomic mass is 16.5. The van der Waals surface area contributed by atoms with E-state index in [0.717, 1.165) is 25.0 Å². The van der Waals surface area contributed by atoms with Gasteiger partial charge in [-0.25, -0.2) is 0 Å². The van der Waals surface area contributed by atoms with Gasteiger partial charge in [0.1, 0.15) is 0 Å². The maximum atomic E-state index is 11.9. The van der Waals surface area contributed by atoms with Crippen LogP contribution in [0.2, 0.25) is 0 Å². The summed E-state index contributed by atoms with van der Waals surface area (Å²) < 4.78 is 5.29. The Morgan fingerprint density at radius 1 is 1.56 bits per heavy atom. The average molecular weight is 244 g/mol. The molecule has 1 aromatic carbocycles. The highest BCUT2D eigenvalue weighted by Gasteiger charge is 2.21. The van der Waals surface area contributed by atoms with E-state index in [4.69, 9.17) is 10.00 Å². The van der Waals surface area contributed by atoms with Crippen molar-refractivity contribution in [3.05, 3.63) is 35.4 Å². The Balaban J connectivity index is 1.86. The number of nitrogens with one attached hydrogen (secondary N) is 1. The number of amides is 1. The molecule has 2 rings (SSSR count). The minimum Gasteiger partial charge on any atom is -0.381 e. The summed E-state index contributed by atoms with van der Waals surface area (Å²) >= 11 is 0. The summed E-state index contributed by atoms with van der Waals surface area (Å²) in [6.07, 6.45) is 1.84. The minimum absolute atomic E-state index is 0.0297. The van der Waals surface area contributed by atoms with Crippen molar-refractivity contribution in [2.75, 3.05) is 13.2 Å². The fraction of sp³-hybridized carbons (Fsp3) is 0.429. The van der Waals surface area contributed by atoms with Gasteiger partial charge >= 0.3 is 0 Å². The zero-order valence-electron chi connectivity index (χ0n) is 10.2. The molecule has 1 N–H and O–H groups in total. The van der Waals surface area contributed by atoms with E-state index in [1.807, 2.05) is 12.1 Å². The van der Waals surface area contributed by atoms with Crippen molar-refractivity contribution in [2.24, 2.45) is 5.92 Å². The largest absolute Gasteiger partial charge is 0.381 e. The highest BCUT2D eigenvalue weighted by Crippen LogP contribution is 2.13. The predicted molar refractivity (Wildman–Crippen MR) is 66.5 cm³/mol. The highest BCUT2D eigenvalue weighted by molar-refractivity contribution is 5.78. The van der Waals surface area contributed by atoms with Gasteiger partial charge in [0, 0.05) is 13.2 Å². The molecule has 1 amide bonds. The quantitative estimate of drug-likeness (QED) is 0.878. The molecule has 1 aliphatic heterocycles. The molecule has 94 valence electrons. The Labute approximate surface area is 107 Å². The van der Waals surface area contributed by atoms with Crippen LogP contribution in [0, 0.1) is 17.2 Å². The smallest absolute Gasteiger partial charge is 0.225 e. The predicted octanol–water partition coefficient (Wildman–Crippen LogP) is 1.60. The lowest BCUT2D eigenvalue weighted by molar-refractivity contribution is -0.129. The molecule has 0 bridgehead atoms. The van der Waals surface area contributed by atoms with Crippen LogP contribution in [0.1, 0.15) is 24.0 Å². The Kier molecular flexibility index (Phi) is 4.32. The number of benzene rings is 1. The molecule has 1 aromatic rings. The first-order valence-corrected chi connectivity index (χ1v) is 6.14. The lowest BCUT2D eigenvalue weighted by Crippen LogP contribution is -2.35. The fourth-order valence-electron chi connectivity index (χ4n) is 2.03. The molecule has 1 fully saturated rings. The second-order valence-corrected chi connectivity index (χ2v) is 4.44. The Morgan fingerprint density at radius 3 is 3.17 bits per heavy atom. The van der Waals surface area contributed by atoms with Crippen molar-refractivity contribution in [1.82, 2.24) is 5.32 Å². The summed E-state index contributed by atoms with van der Waals surface area (Å²) in [6.45, 7) is 1.74. The van der Waals surface area contributed by atoms with E-state index in [1.54, 1.807) is 12.1 Å². The molecule has 1 atom stereocenters. The monoisotopic (exact) mass is 244 g/mol. The minimum atomic E-state index is -0.0297. The second kappa shape index (κ2) is 6.18. The number of hydrogen-bond acceptors (Lipinski definition) is 3. The summed E-state index contributed by atoms with van der Waals surface area (Å²) in [6, 6.07) is 9.35. The van der Waals surface area contributed by atoms with Gasteiger partial charge in [0.05, 0.1) is 24.2 Å². The Hall–Kier alpha value is -1.86. The standard InChI is InChI=1S/C14H16N2O2/c15-8-11-3-1-4-12(7-11)9-16-14(17)13-5-2-6-18-10-13/h1,3-4,7,13H,2,5-6,9-10H2,(H,16,17). The van der Waals surface area contributed by atoms with Crippen molar-refractivity contribution < 1.29 is 9.53 Å². The van der Waals surface area contributed by atoms with Crippen LogP contribution in [0.5, 0.6) is 0 Å². The van der Waals surface area contributed by atoms with Crippen molar-refractivity contribution in [1.29, 1.82) is 5.26 Å². The van der Waals surface area contributed by atoms with Gasteiger partial charge < -0.3 is 10.1 Å². The molecule has 4 nitrogen and oxygen atoms in total. The zero-order chi connectivity index (χ0) is 12.8. The van der Waals surface area contributed by atoms with E-state index in [1.165, 1.54) is 0 Å². The number of carbonyl (C=O) groups excluding carboxylic acids is 1. The third-order valence-electron chi connectivity index (χ3n) is 3.05. The van der Waals surface area contributed by atoms with Crippen LogP contribution in [0.3, 0.4) is 0 Å². The fourth-order valence-corrected chi connectivity index (χ4v) is 2.03. The van der Waals surface area contributed by atoms with Gasteiger partial charge in [0.2, 0.25) is 5.91 Å². The molecule has 0 spiro atoms. The van der Waals surface area contributed by atoms with E-state index >= 15 is 0 Å². The van der Waals surface area contributed by atoms with Gasteiger partial charge in [0.25, 0.3) is 0 Å². The Bertz CT molecular complexity index is 459. The third-order valence-corrected chi connectivity index (χ3v) is 3.05. The second-order valence-electron chi connectivity index (χ2n) is 4.44. The maximum absolute atomic E-state index is 11.9. The number of hydrogen-bond donors (Lipinski definition) is 1. The maximum Gasteiger partial charge on any atom is 0.225 e. The van der Waals surface area contributed by atoms with Crippen LogP contribution >= 0.6 is 0 Å². The molecule has 1 heterocycles. The van der Waals surface area contributed by atoms with Gasteiger partial charge in [-0.05, 0) is 30.5 Å². The van der Waals surface area contributed by atoms with Crippen LogP contribution in [0.4, 0.5) is 0 Å². The van der Waals surface area contributed by atoms with E-state index < -0.39 is 0 Å². The molecular formula is C14H16N2O2. The first kappa shape index (κ1) is 12.6. The van der Waals surface area contributed by atoms with Crippen LogP contribution in [0.15, 0.2) is 24.3 Å². The summed E-state index contributed by atoms with van der Waals surface area (Å²) in [7, 11) is 0. The van der Waals surface area contributed by atoms with Gasteiger partial charge in [-0.3, -0.25) is 4.79 Å². The average Bonchev–Trinajstić information content (AvgIpc) is 2.46. The molecule has 18 heavy (non-hydrogen) atoms. The molecule has 0 saturated carbocycles. The number of rotatable bonds is 3. The summed E-state index contributed by atoms with van der Waals surface area (Å²) in [5, 5.41) is 11.7. The SMILES string of the molecule is N#Cc1cccc(CNC(=O)C2CCCOC2)c1. The molecule has 0 radical (unpaired) electrons. The molecule has 1 saturated heterocycles. The van der Waals surface area contributed by atoms with Crippen LogP contribution in [0.25, 0.3) is 0 Å². The number of nitrogens with zero attached hydrogens (tertiary/aromatic N) is 1. The molecular weight excluding hydrogens is 228 g/mol. The van der Waals surface area contributed by atoms with Gasteiger partial charge in [-0.1, -0.05) is 12.1 Å². The van der Waals surface area contributed by atoms with E-state index in [0.29, 0.717) is 18.7 Å². The molecule has 4 heteroatoms. The molecule has 0 aromatic heterocycles. The van der Waals surface area contributed by atoms with Crippen LogP contribution in [-0.4, -0.2) is 19.1 Å². The Morgan fingerprint density at radius 2 is 2.44 bits per heavy atom. The van der Waals surface area contributed by atoms with E-state index in [-0.39, 0.29) is 11.8 Å². The number of ether oxygens (including phenoxy) is 1. The summed E-state index contributed by atoms with van der Waals surface area (Å²) in [4.78, 5) is 11.9. The van der Waals surface area contributed by atoms with Crippen LogP contribution < -0.4 is 5.32 Å². The van der Waals surface area contributed by atoms with Crippen molar-refractivity contribution in [3.63, 3.8) is 0 Å². The lowest BCUT2D eigenvalue weighted by Gasteiger charge is -2.21.